The van der Waals surface area contributed by atoms with Crippen LogP contribution in [-0.4, -0.2) is 42.0 Å². The van der Waals surface area contributed by atoms with Crippen LogP contribution in [0.2, 0.25) is 0 Å². The molecule has 7 atom stereocenters. The van der Waals surface area contributed by atoms with Crippen LogP contribution in [0.15, 0.2) is 36.0 Å². The standard InChI is InChI=1S/C22H26O7/c1-7-10(2)20(25)29-19-16-12(4)21(26)28-17(18(16)27-13(5)23)11(3)14-8-9-15(24)22(14,19)6/h7-9,11,14,16-19H,4H2,1-3,5-6H3/b10-7+/t11-,14-,16+,17-,18+,19+,22-/m1/s1. The molecule has 0 spiro atoms. The van der Waals surface area contributed by atoms with Crippen molar-refractivity contribution in [2.75, 3.05) is 0 Å². The Hall–Kier alpha value is -2.70. The van der Waals surface area contributed by atoms with Gasteiger partial charge in [-0.1, -0.05) is 25.7 Å². The van der Waals surface area contributed by atoms with Crippen molar-refractivity contribution < 1.29 is 33.4 Å². The average molecular weight is 402 g/mol. The number of fused-ring (bicyclic) bond motifs is 3. The summed E-state index contributed by atoms with van der Waals surface area (Å²) in [6.45, 7) is 12.0. The Balaban J connectivity index is 2.20. The zero-order valence-corrected chi connectivity index (χ0v) is 17.3. The summed E-state index contributed by atoms with van der Waals surface area (Å²) in [6.07, 6.45) is 2.12. The number of esters is 3. The minimum absolute atomic E-state index is 0.0252. The molecule has 0 aromatic rings. The van der Waals surface area contributed by atoms with Gasteiger partial charge in [0.2, 0.25) is 0 Å². The maximum absolute atomic E-state index is 13.0. The number of hydrogen-bond donors (Lipinski definition) is 0. The van der Waals surface area contributed by atoms with Gasteiger partial charge in [-0.15, -0.1) is 0 Å². The molecule has 156 valence electrons. The van der Waals surface area contributed by atoms with Gasteiger partial charge in [0.1, 0.15) is 18.3 Å². The van der Waals surface area contributed by atoms with Crippen molar-refractivity contribution >= 4 is 23.7 Å². The normalized spacial score (nSPS) is 38.8. The van der Waals surface area contributed by atoms with Crippen molar-refractivity contribution in [2.45, 2.75) is 52.9 Å². The lowest BCUT2D eigenvalue weighted by atomic mass is 9.67. The average Bonchev–Trinajstić information content (AvgIpc) is 2.94. The zero-order chi connectivity index (χ0) is 21.7. The summed E-state index contributed by atoms with van der Waals surface area (Å²) in [7, 11) is 0. The van der Waals surface area contributed by atoms with E-state index in [2.05, 4.69) is 6.58 Å². The van der Waals surface area contributed by atoms with Gasteiger partial charge in [-0.25, -0.2) is 9.59 Å². The third-order valence-electron chi connectivity index (χ3n) is 6.56. The minimum Gasteiger partial charge on any atom is -0.458 e. The molecule has 2 bridgehead atoms. The molecule has 1 saturated heterocycles. The Morgan fingerprint density at radius 1 is 1.24 bits per heavy atom. The van der Waals surface area contributed by atoms with Gasteiger partial charge in [0.25, 0.3) is 0 Å². The van der Waals surface area contributed by atoms with Crippen LogP contribution in [0.25, 0.3) is 0 Å². The van der Waals surface area contributed by atoms with Gasteiger partial charge in [0.05, 0.1) is 11.3 Å². The lowest BCUT2D eigenvalue weighted by molar-refractivity contribution is -0.187. The van der Waals surface area contributed by atoms with Gasteiger partial charge < -0.3 is 14.2 Å². The van der Waals surface area contributed by atoms with Crippen molar-refractivity contribution in [1.82, 2.24) is 0 Å². The van der Waals surface area contributed by atoms with E-state index < -0.39 is 47.6 Å². The van der Waals surface area contributed by atoms with Crippen LogP contribution in [0.1, 0.15) is 34.6 Å². The van der Waals surface area contributed by atoms with E-state index in [0.717, 1.165) is 0 Å². The summed E-state index contributed by atoms with van der Waals surface area (Å²) < 4.78 is 17.0. The van der Waals surface area contributed by atoms with Gasteiger partial charge >= 0.3 is 17.9 Å². The number of allylic oxidation sites excluding steroid dienone is 3. The number of carbonyl (C=O) groups excluding carboxylic acids is 4. The van der Waals surface area contributed by atoms with E-state index in [4.69, 9.17) is 14.2 Å². The molecule has 3 aliphatic rings. The second-order valence-corrected chi connectivity index (χ2v) is 8.18. The Kier molecular flexibility index (Phi) is 5.28. The highest BCUT2D eigenvalue weighted by molar-refractivity contribution is 5.99. The summed E-state index contributed by atoms with van der Waals surface area (Å²) in [5.41, 5.74) is -0.750. The van der Waals surface area contributed by atoms with Gasteiger partial charge in [0.15, 0.2) is 5.78 Å². The molecule has 0 N–H and O–H groups in total. The Morgan fingerprint density at radius 2 is 1.90 bits per heavy atom. The second-order valence-electron chi connectivity index (χ2n) is 8.18. The van der Waals surface area contributed by atoms with E-state index in [1.165, 1.54) is 13.0 Å². The predicted molar refractivity (Wildman–Crippen MR) is 102 cm³/mol. The van der Waals surface area contributed by atoms with Crippen LogP contribution in [-0.2, 0) is 33.4 Å². The molecule has 29 heavy (non-hydrogen) atoms. The van der Waals surface area contributed by atoms with E-state index in [-0.39, 0.29) is 23.2 Å². The largest absolute Gasteiger partial charge is 0.458 e. The molecular weight excluding hydrogens is 376 g/mol. The summed E-state index contributed by atoms with van der Waals surface area (Å²) in [5.74, 6) is -3.62. The van der Waals surface area contributed by atoms with Crippen LogP contribution in [0.3, 0.4) is 0 Å². The first-order chi connectivity index (χ1) is 13.5. The van der Waals surface area contributed by atoms with E-state index in [1.54, 1.807) is 32.9 Å². The third kappa shape index (κ3) is 3.12. The van der Waals surface area contributed by atoms with E-state index in [0.29, 0.717) is 5.57 Å². The smallest absolute Gasteiger partial charge is 0.334 e. The number of rotatable bonds is 3. The van der Waals surface area contributed by atoms with Crippen molar-refractivity contribution in [3.63, 3.8) is 0 Å². The molecule has 0 aromatic heterocycles. The topological polar surface area (TPSA) is 96.0 Å². The highest BCUT2D eigenvalue weighted by Crippen LogP contribution is 2.55. The van der Waals surface area contributed by atoms with Gasteiger partial charge in [0, 0.05) is 24.0 Å². The molecule has 0 unspecified atom stereocenters. The first-order valence-electron chi connectivity index (χ1n) is 9.67. The molecular formula is C22H26O7. The second kappa shape index (κ2) is 7.28. The molecule has 0 amide bonds. The number of ketones is 1. The molecule has 0 aromatic carbocycles. The lowest BCUT2D eigenvalue weighted by Gasteiger charge is -2.42. The first-order valence-corrected chi connectivity index (χ1v) is 9.67. The summed E-state index contributed by atoms with van der Waals surface area (Å²) in [4.78, 5) is 50.1. The molecule has 2 fully saturated rings. The van der Waals surface area contributed by atoms with Crippen LogP contribution in [0, 0.1) is 23.2 Å². The maximum Gasteiger partial charge on any atom is 0.334 e. The fraction of sp³-hybridized carbons (Fsp3) is 0.545. The SMILES string of the molecule is C=C1C(=O)O[C@@H]2[C@H](C)[C@H]3C=CC(=O)[C@]3(C)[C@@H](OC(=O)/C(C)=C/C)[C@@H]1[C@@H]2OC(C)=O. The molecule has 0 radical (unpaired) electrons. The molecule has 7 heteroatoms. The monoisotopic (exact) mass is 402 g/mol. The minimum atomic E-state index is -1.14. The van der Waals surface area contributed by atoms with Gasteiger partial charge in [-0.3, -0.25) is 9.59 Å². The van der Waals surface area contributed by atoms with Crippen molar-refractivity contribution in [3.05, 3.63) is 36.0 Å². The molecule has 7 nitrogen and oxygen atoms in total. The molecule has 2 aliphatic carbocycles. The summed E-state index contributed by atoms with van der Waals surface area (Å²) >= 11 is 0. The molecule has 1 saturated carbocycles. The highest BCUT2D eigenvalue weighted by atomic mass is 16.6. The van der Waals surface area contributed by atoms with Crippen LogP contribution in [0.5, 0.6) is 0 Å². The molecule has 1 heterocycles. The lowest BCUT2D eigenvalue weighted by Crippen LogP contribution is -2.54. The maximum atomic E-state index is 13.0. The quantitative estimate of drug-likeness (QED) is 0.406. The Labute approximate surface area is 169 Å². The zero-order valence-electron chi connectivity index (χ0n) is 17.3. The molecule has 1 aliphatic heterocycles. The Bertz CT molecular complexity index is 851. The number of ether oxygens (including phenoxy) is 3. The number of carbonyl (C=O) groups is 4. The van der Waals surface area contributed by atoms with Crippen molar-refractivity contribution in [3.8, 4) is 0 Å². The Morgan fingerprint density at radius 3 is 2.48 bits per heavy atom. The third-order valence-corrected chi connectivity index (χ3v) is 6.56. The van der Waals surface area contributed by atoms with E-state index in [9.17, 15) is 19.2 Å². The van der Waals surface area contributed by atoms with Gasteiger partial charge in [-0.2, -0.15) is 0 Å². The first kappa shape index (κ1) is 21.0. The summed E-state index contributed by atoms with van der Waals surface area (Å²) in [6, 6.07) is 0. The highest BCUT2D eigenvalue weighted by Gasteiger charge is 2.65. The van der Waals surface area contributed by atoms with Crippen molar-refractivity contribution in [2.24, 2.45) is 23.2 Å². The summed E-state index contributed by atoms with van der Waals surface area (Å²) in [5, 5.41) is 0. The fourth-order valence-electron chi connectivity index (χ4n) is 4.78. The van der Waals surface area contributed by atoms with Crippen LogP contribution in [0.4, 0.5) is 0 Å². The predicted octanol–water partition coefficient (Wildman–Crippen LogP) is 2.31. The van der Waals surface area contributed by atoms with Crippen LogP contribution < -0.4 is 0 Å². The van der Waals surface area contributed by atoms with Crippen molar-refractivity contribution in [1.29, 1.82) is 0 Å². The van der Waals surface area contributed by atoms with E-state index >= 15 is 0 Å². The van der Waals surface area contributed by atoms with Crippen LogP contribution >= 0.6 is 0 Å². The molecule has 3 rings (SSSR count). The van der Waals surface area contributed by atoms with E-state index in [1.807, 2.05) is 6.92 Å². The fourth-order valence-corrected chi connectivity index (χ4v) is 4.78. The number of hydrogen-bond acceptors (Lipinski definition) is 7. The van der Waals surface area contributed by atoms with Gasteiger partial charge in [-0.05, 0) is 32.8 Å².